The van der Waals surface area contributed by atoms with Gasteiger partial charge in [0, 0.05) is 6.42 Å². The van der Waals surface area contributed by atoms with Crippen molar-refractivity contribution in [1.29, 1.82) is 0 Å². The van der Waals surface area contributed by atoms with E-state index in [1.165, 1.54) is 25.7 Å². The van der Waals surface area contributed by atoms with E-state index in [0.717, 1.165) is 109 Å². The summed E-state index contributed by atoms with van der Waals surface area (Å²) in [6, 6.07) is -0.812. The van der Waals surface area contributed by atoms with Gasteiger partial charge in [0.15, 0.2) is 6.29 Å². The number of aliphatic hydroxyl groups excluding tert-OH is 5. The third-order valence-electron chi connectivity index (χ3n) is 10.4. The Bertz CT molecular complexity index is 1310. The standard InChI is InChI=1S/C52H85NO8/c1-3-5-7-9-10-11-12-13-14-15-16-17-18-19-20-21-22-23-24-25-26-27-28-29-30-31-32-33-34-35-36-38-40-42-48(56)53-45(46(55)41-39-37-8-6-4-2)44-60-52-51(59)50(58)49(57)47(43-54)61-52/h5,7,10-11,13-14,16-17,19-20,22-23,25-26,28-29,39,41,45-47,49-52,54-55,57-59H,3-4,6,8-9,12,15,18,21,24,27,30-38,40,42-44H2,1-2H3,(H,53,56)/b7-5-,11-10-,14-13-,17-16-,20-19-,23-22-,26-25-,29-28-,41-39+. The number of hydrogen-bond donors (Lipinski definition) is 6. The van der Waals surface area contributed by atoms with Crippen LogP contribution in [-0.2, 0) is 14.3 Å². The number of carbonyl (C=O) groups is 1. The van der Waals surface area contributed by atoms with E-state index in [-0.39, 0.29) is 12.5 Å². The third kappa shape index (κ3) is 31.4. The molecule has 0 aromatic rings. The van der Waals surface area contributed by atoms with Crippen LogP contribution < -0.4 is 5.32 Å². The Balaban J connectivity index is 2.13. The van der Waals surface area contributed by atoms with Crippen molar-refractivity contribution < 1.29 is 39.8 Å². The van der Waals surface area contributed by atoms with E-state index in [2.05, 4.69) is 116 Å². The number of allylic oxidation sites excluding steroid dienone is 17. The highest BCUT2D eigenvalue weighted by Crippen LogP contribution is 2.22. The number of aliphatic hydroxyl groups is 5. The first-order chi connectivity index (χ1) is 29.8. The molecule has 1 fully saturated rings. The van der Waals surface area contributed by atoms with Crippen LogP contribution in [0, 0.1) is 0 Å². The predicted octanol–water partition coefficient (Wildman–Crippen LogP) is 10.3. The van der Waals surface area contributed by atoms with Crippen molar-refractivity contribution in [3.63, 3.8) is 0 Å². The molecule has 7 atom stereocenters. The summed E-state index contributed by atoms with van der Waals surface area (Å²) in [7, 11) is 0. The minimum absolute atomic E-state index is 0.200. The molecule has 9 nitrogen and oxygen atoms in total. The van der Waals surface area contributed by atoms with Gasteiger partial charge in [0.2, 0.25) is 5.91 Å². The van der Waals surface area contributed by atoms with Crippen LogP contribution >= 0.6 is 0 Å². The van der Waals surface area contributed by atoms with Crippen molar-refractivity contribution >= 4 is 5.91 Å². The van der Waals surface area contributed by atoms with Crippen LogP contribution in [0.1, 0.15) is 155 Å². The van der Waals surface area contributed by atoms with Crippen molar-refractivity contribution in [2.45, 2.75) is 198 Å². The molecule has 1 aliphatic heterocycles. The van der Waals surface area contributed by atoms with E-state index in [1.807, 2.05) is 6.08 Å². The average Bonchev–Trinajstić information content (AvgIpc) is 3.26. The first-order valence-corrected chi connectivity index (χ1v) is 23.6. The molecule has 1 saturated heterocycles. The first-order valence-electron chi connectivity index (χ1n) is 23.6. The molecule has 1 aliphatic rings. The van der Waals surface area contributed by atoms with E-state index in [9.17, 15) is 30.3 Å². The van der Waals surface area contributed by atoms with Crippen molar-refractivity contribution in [2.75, 3.05) is 13.2 Å². The van der Waals surface area contributed by atoms with Crippen LogP contribution in [0.2, 0.25) is 0 Å². The van der Waals surface area contributed by atoms with E-state index >= 15 is 0 Å². The van der Waals surface area contributed by atoms with Crippen LogP contribution in [0.5, 0.6) is 0 Å². The number of ether oxygens (including phenoxy) is 2. The molecule has 346 valence electrons. The van der Waals surface area contributed by atoms with Gasteiger partial charge in [-0.05, 0) is 83.5 Å². The molecule has 1 rings (SSSR count). The summed E-state index contributed by atoms with van der Waals surface area (Å²) in [4.78, 5) is 12.8. The Morgan fingerprint density at radius 3 is 1.51 bits per heavy atom. The summed E-state index contributed by atoms with van der Waals surface area (Å²) < 4.78 is 11.1. The molecule has 0 saturated carbocycles. The molecule has 6 N–H and O–H groups in total. The van der Waals surface area contributed by atoms with Crippen LogP contribution in [0.3, 0.4) is 0 Å². The summed E-state index contributed by atoms with van der Waals surface area (Å²) in [6.45, 7) is 3.51. The summed E-state index contributed by atoms with van der Waals surface area (Å²) >= 11 is 0. The van der Waals surface area contributed by atoms with Crippen LogP contribution in [0.15, 0.2) is 109 Å². The fourth-order valence-electron chi connectivity index (χ4n) is 6.58. The molecule has 9 heteroatoms. The van der Waals surface area contributed by atoms with E-state index in [0.29, 0.717) is 6.42 Å². The first kappa shape index (κ1) is 55.9. The molecule has 7 unspecified atom stereocenters. The summed E-state index contributed by atoms with van der Waals surface area (Å²) in [6.07, 6.45) is 53.4. The van der Waals surface area contributed by atoms with E-state index in [1.54, 1.807) is 6.08 Å². The largest absolute Gasteiger partial charge is 0.394 e. The zero-order chi connectivity index (χ0) is 44.4. The highest BCUT2D eigenvalue weighted by atomic mass is 16.7. The summed E-state index contributed by atoms with van der Waals surface area (Å²) in [5, 5.41) is 53.7. The smallest absolute Gasteiger partial charge is 0.220 e. The molecule has 0 aliphatic carbocycles. The van der Waals surface area contributed by atoms with Gasteiger partial charge >= 0.3 is 0 Å². The maximum absolute atomic E-state index is 12.8. The number of nitrogens with one attached hydrogen (secondary N) is 1. The van der Waals surface area contributed by atoms with Gasteiger partial charge in [0.05, 0.1) is 25.4 Å². The lowest BCUT2D eigenvalue weighted by atomic mass is 9.99. The monoisotopic (exact) mass is 852 g/mol. The molecule has 0 aromatic carbocycles. The quantitative estimate of drug-likeness (QED) is 0.0267. The maximum atomic E-state index is 12.8. The summed E-state index contributed by atoms with van der Waals surface area (Å²) in [5.41, 5.74) is 0. The van der Waals surface area contributed by atoms with E-state index in [4.69, 9.17) is 9.47 Å². The lowest BCUT2D eigenvalue weighted by Gasteiger charge is -2.40. The van der Waals surface area contributed by atoms with Gasteiger partial charge in [-0.15, -0.1) is 0 Å². The SMILES string of the molecule is CC/C=C\C/C=C\C/C=C\C/C=C\C/C=C\C/C=C\C/C=C\C/C=C\CCCCCCCCCCC(=O)NC(COC1OC(CO)C(O)C(O)C1O)C(O)/C=C/CCCCC. The Kier molecular flexibility index (Phi) is 37.5. The lowest BCUT2D eigenvalue weighted by molar-refractivity contribution is -0.302. The predicted molar refractivity (Wildman–Crippen MR) is 253 cm³/mol. The van der Waals surface area contributed by atoms with Crippen LogP contribution in [0.25, 0.3) is 0 Å². The highest BCUT2D eigenvalue weighted by Gasteiger charge is 2.44. The molecule has 0 spiro atoms. The van der Waals surface area contributed by atoms with E-state index < -0.39 is 49.5 Å². The highest BCUT2D eigenvalue weighted by molar-refractivity contribution is 5.76. The van der Waals surface area contributed by atoms with Gasteiger partial charge in [-0.3, -0.25) is 4.79 Å². The van der Waals surface area contributed by atoms with Gasteiger partial charge < -0.3 is 40.3 Å². The molecule has 0 aromatic heterocycles. The fourth-order valence-corrected chi connectivity index (χ4v) is 6.58. The third-order valence-corrected chi connectivity index (χ3v) is 10.4. The van der Waals surface area contributed by atoms with Gasteiger partial charge in [0.25, 0.3) is 0 Å². The Hall–Kier alpha value is -3.15. The molecular weight excluding hydrogens is 767 g/mol. The number of hydrogen-bond acceptors (Lipinski definition) is 8. The van der Waals surface area contributed by atoms with Crippen molar-refractivity contribution in [2.24, 2.45) is 0 Å². The van der Waals surface area contributed by atoms with Crippen LogP contribution in [-0.4, -0.2) is 87.5 Å². The maximum Gasteiger partial charge on any atom is 0.220 e. The topological polar surface area (TPSA) is 149 Å². The van der Waals surface area contributed by atoms with Crippen molar-refractivity contribution in [3.8, 4) is 0 Å². The number of amides is 1. The Labute approximate surface area is 370 Å². The molecule has 1 heterocycles. The Morgan fingerprint density at radius 1 is 0.574 bits per heavy atom. The van der Waals surface area contributed by atoms with Crippen LogP contribution in [0.4, 0.5) is 0 Å². The second-order valence-electron chi connectivity index (χ2n) is 15.8. The molecule has 1 amide bonds. The minimum Gasteiger partial charge on any atom is -0.394 e. The van der Waals surface area contributed by atoms with Gasteiger partial charge in [-0.25, -0.2) is 0 Å². The molecule has 0 bridgehead atoms. The average molecular weight is 852 g/mol. The zero-order valence-corrected chi connectivity index (χ0v) is 37.9. The Morgan fingerprint density at radius 2 is 1.02 bits per heavy atom. The molecule has 0 radical (unpaired) electrons. The summed E-state index contributed by atoms with van der Waals surface area (Å²) in [5.74, 6) is -0.200. The van der Waals surface area contributed by atoms with Crippen molar-refractivity contribution in [3.05, 3.63) is 109 Å². The zero-order valence-electron chi connectivity index (χ0n) is 37.9. The number of unbranched alkanes of at least 4 members (excludes halogenated alkanes) is 11. The van der Waals surface area contributed by atoms with Gasteiger partial charge in [-0.1, -0.05) is 175 Å². The van der Waals surface area contributed by atoms with Gasteiger partial charge in [0.1, 0.15) is 24.4 Å². The fraction of sp³-hybridized carbons (Fsp3) is 0.635. The molecular formula is C52H85NO8. The second-order valence-corrected chi connectivity index (χ2v) is 15.8. The normalized spacial score (nSPS) is 21.5. The number of carbonyl (C=O) groups excluding carboxylic acids is 1. The number of rotatable bonds is 37. The van der Waals surface area contributed by atoms with Crippen molar-refractivity contribution in [1.82, 2.24) is 5.32 Å². The van der Waals surface area contributed by atoms with Gasteiger partial charge in [-0.2, -0.15) is 0 Å². The lowest BCUT2D eigenvalue weighted by Crippen LogP contribution is -2.60. The second kappa shape index (κ2) is 40.9. The minimum atomic E-state index is -1.57. The molecule has 61 heavy (non-hydrogen) atoms.